The molecule has 0 aliphatic heterocycles. The number of benzene rings is 1. The lowest BCUT2D eigenvalue weighted by Crippen LogP contribution is -2.39. The summed E-state index contributed by atoms with van der Waals surface area (Å²) in [6, 6.07) is 5.70. The van der Waals surface area contributed by atoms with Crippen molar-refractivity contribution in [2.75, 3.05) is 31.6 Å². The number of aliphatic hydroxyl groups excluding tert-OH is 1. The van der Waals surface area contributed by atoms with Crippen molar-refractivity contribution in [2.45, 2.75) is 27.2 Å². The van der Waals surface area contributed by atoms with Crippen LogP contribution in [0.4, 0.5) is 10.1 Å². The van der Waals surface area contributed by atoms with Gasteiger partial charge in [0.1, 0.15) is 5.82 Å². The van der Waals surface area contributed by atoms with E-state index in [9.17, 15) is 9.18 Å². The number of rotatable bonds is 7. The normalized spacial score (nSPS) is 11.7. The van der Waals surface area contributed by atoms with Crippen molar-refractivity contribution in [3.8, 4) is 0 Å². The summed E-state index contributed by atoms with van der Waals surface area (Å²) in [6.07, 6.45) is 0.639. The van der Waals surface area contributed by atoms with Crippen LogP contribution in [0.25, 0.3) is 0 Å². The fourth-order valence-electron chi connectivity index (χ4n) is 2.12. The molecule has 0 saturated carbocycles. The highest BCUT2D eigenvalue weighted by molar-refractivity contribution is 5.92. The molecule has 1 aromatic carbocycles. The number of hydrogen-bond acceptors (Lipinski definition) is 3. The predicted molar refractivity (Wildman–Crippen MR) is 82.6 cm³/mol. The molecule has 0 spiro atoms. The minimum Gasteiger partial charge on any atom is -0.396 e. The molecule has 1 rings (SSSR count). The fourth-order valence-corrected chi connectivity index (χ4v) is 2.12. The third-order valence-electron chi connectivity index (χ3n) is 2.83. The van der Waals surface area contributed by atoms with E-state index in [-0.39, 0.29) is 30.3 Å². The molecule has 1 amide bonds. The van der Waals surface area contributed by atoms with E-state index in [1.54, 1.807) is 0 Å². The lowest BCUT2D eigenvalue weighted by Gasteiger charge is -2.29. The first-order valence-corrected chi connectivity index (χ1v) is 7.19. The van der Waals surface area contributed by atoms with Crippen LogP contribution in [0.1, 0.15) is 27.2 Å². The molecule has 4 nitrogen and oxygen atoms in total. The first-order chi connectivity index (χ1) is 9.80. The topological polar surface area (TPSA) is 52.6 Å². The number of amides is 1. The van der Waals surface area contributed by atoms with E-state index in [0.29, 0.717) is 18.7 Å². The van der Waals surface area contributed by atoms with E-state index < -0.39 is 0 Å². The van der Waals surface area contributed by atoms with Crippen molar-refractivity contribution >= 4 is 11.6 Å². The Kier molecular flexibility index (Phi) is 6.78. The highest BCUT2D eigenvalue weighted by Crippen LogP contribution is 2.15. The van der Waals surface area contributed by atoms with Gasteiger partial charge in [-0.1, -0.05) is 20.8 Å². The van der Waals surface area contributed by atoms with E-state index in [1.807, 2.05) is 4.90 Å². The highest BCUT2D eigenvalue weighted by atomic mass is 19.1. The van der Waals surface area contributed by atoms with E-state index in [4.69, 9.17) is 5.11 Å². The van der Waals surface area contributed by atoms with E-state index in [0.717, 1.165) is 6.54 Å². The van der Waals surface area contributed by atoms with E-state index in [1.165, 1.54) is 24.3 Å². The molecule has 0 aromatic heterocycles. The molecule has 0 unspecified atom stereocenters. The molecule has 21 heavy (non-hydrogen) atoms. The van der Waals surface area contributed by atoms with Crippen molar-refractivity contribution < 1.29 is 14.3 Å². The second-order valence-electron chi connectivity index (χ2n) is 6.40. The molecule has 0 bridgehead atoms. The minimum atomic E-state index is -0.328. The Labute approximate surface area is 126 Å². The smallest absolute Gasteiger partial charge is 0.238 e. The quantitative estimate of drug-likeness (QED) is 0.813. The highest BCUT2D eigenvalue weighted by Gasteiger charge is 2.18. The molecular weight excluding hydrogens is 271 g/mol. The van der Waals surface area contributed by atoms with Crippen molar-refractivity contribution in [1.29, 1.82) is 0 Å². The molecule has 0 radical (unpaired) electrons. The summed E-state index contributed by atoms with van der Waals surface area (Å²) < 4.78 is 12.8. The molecule has 118 valence electrons. The molecule has 0 saturated heterocycles. The molecule has 0 heterocycles. The van der Waals surface area contributed by atoms with Crippen molar-refractivity contribution in [1.82, 2.24) is 4.90 Å². The summed E-state index contributed by atoms with van der Waals surface area (Å²) in [7, 11) is 0. The zero-order valence-corrected chi connectivity index (χ0v) is 13.0. The Hall–Kier alpha value is -1.46. The van der Waals surface area contributed by atoms with Crippen LogP contribution >= 0.6 is 0 Å². The van der Waals surface area contributed by atoms with Gasteiger partial charge in [0.25, 0.3) is 0 Å². The van der Waals surface area contributed by atoms with Gasteiger partial charge in [-0.15, -0.1) is 0 Å². The largest absolute Gasteiger partial charge is 0.396 e. The third kappa shape index (κ3) is 7.78. The molecule has 1 aromatic rings. The van der Waals surface area contributed by atoms with Crippen molar-refractivity contribution in [3.05, 3.63) is 30.1 Å². The average Bonchev–Trinajstić information content (AvgIpc) is 2.37. The maximum Gasteiger partial charge on any atom is 0.238 e. The van der Waals surface area contributed by atoms with Crippen LogP contribution in [0.15, 0.2) is 24.3 Å². The van der Waals surface area contributed by atoms with Gasteiger partial charge in [-0.25, -0.2) is 4.39 Å². The van der Waals surface area contributed by atoms with Crippen LogP contribution in [-0.2, 0) is 4.79 Å². The molecule has 0 aliphatic rings. The molecule has 2 N–H and O–H groups in total. The van der Waals surface area contributed by atoms with Crippen LogP contribution in [0, 0.1) is 11.2 Å². The van der Waals surface area contributed by atoms with Gasteiger partial charge >= 0.3 is 0 Å². The summed E-state index contributed by atoms with van der Waals surface area (Å²) >= 11 is 0. The van der Waals surface area contributed by atoms with Crippen molar-refractivity contribution in [3.63, 3.8) is 0 Å². The number of anilines is 1. The summed E-state index contributed by atoms with van der Waals surface area (Å²) in [6.45, 7) is 8.13. The second kappa shape index (κ2) is 8.10. The van der Waals surface area contributed by atoms with Gasteiger partial charge in [0.15, 0.2) is 0 Å². The third-order valence-corrected chi connectivity index (χ3v) is 2.83. The number of aliphatic hydroxyl groups is 1. The number of nitrogens with zero attached hydrogens (tertiary/aromatic N) is 1. The molecule has 0 fully saturated rings. The van der Waals surface area contributed by atoms with Gasteiger partial charge in [-0.05, 0) is 36.1 Å². The molecule has 0 atom stereocenters. The predicted octanol–water partition coefficient (Wildman–Crippen LogP) is 2.49. The van der Waals surface area contributed by atoms with E-state index in [2.05, 4.69) is 26.1 Å². The van der Waals surface area contributed by atoms with Gasteiger partial charge in [-0.3, -0.25) is 9.69 Å². The van der Waals surface area contributed by atoms with Gasteiger partial charge in [0.05, 0.1) is 6.54 Å². The number of carbonyl (C=O) groups excluding carboxylic acids is 1. The monoisotopic (exact) mass is 296 g/mol. The molecular formula is C16H25FN2O2. The van der Waals surface area contributed by atoms with Gasteiger partial charge in [0, 0.05) is 25.4 Å². The lowest BCUT2D eigenvalue weighted by molar-refractivity contribution is -0.117. The molecule has 0 aliphatic carbocycles. The SMILES string of the molecule is CC(C)(C)CN(CCCO)CC(=O)Nc1ccc(F)cc1. The summed E-state index contributed by atoms with van der Waals surface area (Å²) in [5, 5.41) is 11.7. The van der Waals surface area contributed by atoms with E-state index >= 15 is 0 Å². The van der Waals surface area contributed by atoms with Crippen LogP contribution in [0.3, 0.4) is 0 Å². The van der Waals surface area contributed by atoms with Crippen LogP contribution in [-0.4, -0.2) is 42.2 Å². The van der Waals surface area contributed by atoms with Gasteiger partial charge in [0.2, 0.25) is 5.91 Å². The standard InChI is InChI=1S/C16H25FN2O2/c1-16(2,3)12-19(9-4-10-20)11-15(21)18-14-7-5-13(17)6-8-14/h5-8,20H,4,9-12H2,1-3H3,(H,18,21). The molecule has 5 heteroatoms. The van der Waals surface area contributed by atoms with Crippen LogP contribution in [0.2, 0.25) is 0 Å². The minimum absolute atomic E-state index is 0.0750. The van der Waals surface area contributed by atoms with Crippen LogP contribution in [0.5, 0.6) is 0 Å². The maximum absolute atomic E-state index is 12.8. The Balaban J connectivity index is 2.56. The summed E-state index contributed by atoms with van der Waals surface area (Å²) in [5.74, 6) is -0.464. The second-order valence-corrected chi connectivity index (χ2v) is 6.40. The lowest BCUT2D eigenvalue weighted by atomic mass is 9.96. The van der Waals surface area contributed by atoms with Gasteiger partial charge < -0.3 is 10.4 Å². The fraction of sp³-hybridized carbons (Fsp3) is 0.562. The Morgan fingerprint density at radius 3 is 2.43 bits per heavy atom. The van der Waals surface area contributed by atoms with Crippen molar-refractivity contribution in [2.24, 2.45) is 5.41 Å². The number of nitrogens with one attached hydrogen (secondary N) is 1. The first kappa shape index (κ1) is 17.6. The number of hydrogen-bond donors (Lipinski definition) is 2. The van der Waals surface area contributed by atoms with Gasteiger partial charge in [-0.2, -0.15) is 0 Å². The number of halogens is 1. The summed E-state index contributed by atoms with van der Waals surface area (Å²) in [5.41, 5.74) is 0.658. The Morgan fingerprint density at radius 1 is 1.29 bits per heavy atom. The zero-order valence-electron chi connectivity index (χ0n) is 13.0. The Morgan fingerprint density at radius 2 is 1.90 bits per heavy atom. The first-order valence-electron chi connectivity index (χ1n) is 7.19. The maximum atomic E-state index is 12.8. The number of carbonyl (C=O) groups is 1. The Bertz CT molecular complexity index is 441. The zero-order chi connectivity index (χ0) is 15.9. The summed E-state index contributed by atoms with van der Waals surface area (Å²) in [4.78, 5) is 14.1. The van der Waals surface area contributed by atoms with Crippen LogP contribution < -0.4 is 5.32 Å². The average molecular weight is 296 g/mol.